The van der Waals surface area contributed by atoms with Crippen molar-refractivity contribution in [2.75, 3.05) is 13.2 Å². The van der Waals surface area contributed by atoms with Crippen LogP contribution in [0, 0.1) is 5.92 Å². The van der Waals surface area contributed by atoms with Gasteiger partial charge in [0.1, 0.15) is 6.04 Å². The Bertz CT molecular complexity index is 544. The van der Waals surface area contributed by atoms with Crippen LogP contribution in [0.4, 0.5) is 0 Å². The first-order chi connectivity index (χ1) is 10.9. The summed E-state index contributed by atoms with van der Waals surface area (Å²) in [6.07, 6.45) is 0.657. The summed E-state index contributed by atoms with van der Waals surface area (Å²) < 4.78 is 10.9. The van der Waals surface area contributed by atoms with Crippen LogP contribution in [0.15, 0.2) is 18.2 Å². The maximum absolute atomic E-state index is 12.3. The standard InChI is InChI=1S/C17H25NO5/c1-5-11(4)15(17(20)21)18-16(19)12-8-9-13(22-6-2)14(10-12)23-7-3/h8-11,15H,5-7H2,1-4H3,(H,18,19)(H,20,21). The second-order valence-corrected chi connectivity index (χ2v) is 5.20. The van der Waals surface area contributed by atoms with Gasteiger partial charge in [-0.2, -0.15) is 0 Å². The van der Waals surface area contributed by atoms with Crippen molar-refractivity contribution < 1.29 is 24.2 Å². The third-order valence-corrected chi connectivity index (χ3v) is 3.57. The van der Waals surface area contributed by atoms with E-state index in [4.69, 9.17) is 9.47 Å². The molecule has 6 heteroatoms. The molecule has 0 aromatic heterocycles. The maximum Gasteiger partial charge on any atom is 0.326 e. The molecule has 0 aliphatic rings. The monoisotopic (exact) mass is 323 g/mol. The van der Waals surface area contributed by atoms with Crippen LogP contribution in [0.25, 0.3) is 0 Å². The quantitative estimate of drug-likeness (QED) is 0.730. The molecule has 0 aliphatic heterocycles. The zero-order valence-corrected chi connectivity index (χ0v) is 14.1. The summed E-state index contributed by atoms with van der Waals surface area (Å²) in [5.41, 5.74) is 0.339. The van der Waals surface area contributed by atoms with Crippen molar-refractivity contribution in [2.24, 2.45) is 5.92 Å². The predicted octanol–water partition coefficient (Wildman–Crippen LogP) is 2.71. The number of rotatable bonds is 9. The highest BCUT2D eigenvalue weighted by molar-refractivity contribution is 5.97. The number of carboxylic acids is 1. The van der Waals surface area contributed by atoms with Gasteiger partial charge >= 0.3 is 5.97 Å². The zero-order chi connectivity index (χ0) is 17.4. The Balaban J connectivity index is 2.98. The largest absolute Gasteiger partial charge is 0.490 e. The van der Waals surface area contributed by atoms with Crippen LogP contribution in [0.1, 0.15) is 44.5 Å². The molecule has 1 aromatic rings. The van der Waals surface area contributed by atoms with E-state index in [9.17, 15) is 14.7 Å². The van der Waals surface area contributed by atoms with Crippen LogP contribution in [0.3, 0.4) is 0 Å². The molecular formula is C17H25NO5. The van der Waals surface area contributed by atoms with E-state index in [1.807, 2.05) is 20.8 Å². The van der Waals surface area contributed by atoms with Crippen LogP contribution in [-0.2, 0) is 4.79 Å². The van der Waals surface area contributed by atoms with Crippen LogP contribution in [0.5, 0.6) is 11.5 Å². The Labute approximate surface area is 136 Å². The predicted molar refractivity (Wildman–Crippen MR) is 87.1 cm³/mol. The van der Waals surface area contributed by atoms with E-state index in [1.54, 1.807) is 25.1 Å². The number of nitrogens with one attached hydrogen (secondary N) is 1. The Morgan fingerprint density at radius 1 is 1.13 bits per heavy atom. The molecule has 0 radical (unpaired) electrons. The van der Waals surface area contributed by atoms with Crippen molar-refractivity contribution in [2.45, 2.75) is 40.2 Å². The minimum atomic E-state index is -1.04. The molecule has 23 heavy (non-hydrogen) atoms. The van der Waals surface area contributed by atoms with E-state index < -0.39 is 17.9 Å². The molecule has 0 fully saturated rings. The zero-order valence-electron chi connectivity index (χ0n) is 14.1. The molecule has 0 aliphatic carbocycles. The fourth-order valence-corrected chi connectivity index (χ4v) is 2.10. The molecule has 6 nitrogen and oxygen atoms in total. The summed E-state index contributed by atoms with van der Waals surface area (Å²) in [6, 6.07) is 3.90. The van der Waals surface area contributed by atoms with E-state index >= 15 is 0 Å². The number of ether oxygens (including phenoxy) is 2. The number of benzene rings is 1. The van der Waals surface area contributed by atoms with Gasteiger partial charge < -0.3 is 19.9 Å². The van der Waals surface area contributed by atoms with Gasteiger partial charge in [-0.15, -0.1) is 0 Å². The van der Waals surface area contributed by atoms with Crippen molar-refractivity contribution in [1.29, 1.82) is 0 Å². The molecule has 1 amide bonds. The number of hydrogen-bond acceptors (Lipinski definition) is 4. The molecule has 0 heterocycles. The van der Waals surface area contributed by atoms with Gasteiger partial charge in [0, 0.05) is 5.56 Å². The lowest BCUT2D eigenvalue weighted by atomic mass is 9.99. The molecule has 0 bridgehead atoms. The SMILES string of the molecule is CCOc1ccc(C(=O)NC(C(=O)O)C(C)CC)cc1OCC. The van der Waals surface area contributed by atoms with Gasteiger partial charge in [-0.3, -0.25) is 4.79 Å². The second kappa shape index (κ2) is 9.02. The van der Waals surface area contributed by atoms with Crippen LogP contribution >= 0.6 is 0 Å². The number of carbonyl (C=O) groups is 2. The van der Waals surface area contributed by atoms with Crippen molar-refractivity contribution >= 4 is 11.9 Å². The van der Waals surface area contributed by atoms with Crippen molar-refractivity contribution in [3.05, 3.63) is 23.8 Å². The lowest BCUT2D eigenvalue weighted by Crippen LogP contribution is -2.45. The van der Waals surface area contributed by atoms with E-state index in [-0.39, 0.29) is 5.92 Å². The van der Waals surface area contributed by atoms with Crippen LogP contribution in [-0.4, -0.2) is 36.2 Å². The van der Waals surface area contributed by atoms with E-state index in [2.05, 4.69) is 5.32 Å². The third-order valence-electron chi connectivity index (χ3n) is 3.57. The summed E-state index contributed by atoms with van der Waals surface area (Å²) in [4.78, 5) is 23.7. The first kappa shape index (κ1) is 18.8. The van der Waals surface area contributed by atoms with Gasteiger partial charge in [0.15, 0.2) is 11.5 Å². The normalized spacial score (nSPS) is 13.0. The summed E-state index contributed by atoms with van der Waals surface area (Å²) >= 11 is 0. The summed E-state index contributed by atoms with van der Waals surface area (Å²) in [7, 11) is 0. The topological polar surface area (TPSA) is 84.9 Å². The highest BCUT2D eigenvalue weighted by Crippen LogP contribution is 2.28. The highest BCUT2D eigenvalue weighted by Gasteiger charge is 2.26. The average molecular weight is 323 g/mol. The van der Waals surface area contributed by atoms with E-state index in [1.165, 1.54) is 0 Å². The number of aliphatic carboxylic acids is 1. The average Bonchev–Trinajstić information content (AvgIpc) is 2.53. The smallest absolute Gasteiger partial charge is 0.326 e. The minimum Gasteiger partial charge on any atom is -0.490 e. The Morgan fingerprint density at radius 2 is 1.74 bits per heavy atom. The maximum atomic E-state index is 12.3. The first-order valence-electron chi connectivity index (χ1n) is 7.87. The molecule has 0 saturated heterocycles. The fraction of sp³-hybridized carbons (Fsp3) is 0.529. The Kier molecular flexibility index (Phi) is 7.38. The fourth-order valence-electron chi connectivity index (χ4n) is 2.10. The highest BCUT2D eigenvalue weighted by atomic mass is 16.5. The number of hydrogen-bond donors (Lipinski definition) is 2. The Morgan fingerprint density at radius 3 is 2.26 bits per heavy atom. The van der Waals surface area contributed by atoms with E-state index in [0.717, 1.165) is 0 Å². The van der Waals surface area contributed by atoms with Gasteiger partial charge in [-0.1, -0.05) is 20.3 Å². The van der Waals surface area contributed by atoms with Crippen molar-refractivity contribution in [3.63, 3.8) is 0 Å². The number of carbonyl (C=O) groups excluding carboxylic acids is 1. The summed E-state index contributed by atoms with van der Waals surface area (Å²) in [6.45, 7) is 8.31. The van der Waals surface area contributed by atoms with Crippen molar-refractivity contribution in [1.82, 2.24) is 5.32 Å². The summed E-state index contributed by atoms with van der Waals surface area (Å²) in [5.74, 6) is -0.615. The van der Waals surface area contributed by atoms with Crippen LogP contribution < -0.4 is 14.8 Å². The Hall–Kier alpha value is -2.24. The molecule has 2 unspecified atom stereocenters. The molecule has 2 atom stereocenters. The van der Waals surface area contributed by atoms with Gasteiger partial charge in [-0.25, -0.2) is 4.79 Å². The molecule has 0 spiro atoms. The second-order valence-electron chi connectivity index (χ2n) is 5.20. The van der Waals surface area contributed by atoms with Gasteiger partial charge in [-0.05, 0) is 38.0 Å². The molecular weight excluding hydrogens is 298 g/mol. The lowest BCUT2D eigenvalue weighted by molar-refractivity contribution is -0.140. The van der Waals surface area contributed by atoms with E-state index in [0.29, 0.717) is 36.7 Å². The minimum absolute atomic E-state index is 0.162. The molecule has 1 rings (SSSR count). The van der Waals surface area contributed by atoms with Crippen LogP contribution in [0.2, 0.25) is 0 Å². The lowest BCUT2D eigenvalue weighted by Gasteiger charge is -2.20. The molecule has 2 N–H and O–H groups in total. The van der Waals surface area contributed by atoms with Crippen molar-refractivity contribution in [3.8, 4) is 11.5 Å². The van der Waals surface area contributed by atoms with Gasteiger partial charge in [0.2, 0.25) is 0 Å². The first-order valence-corrected chi connectivity index (χ1v) is 7.87. The molecule has 1 aromatic carbocycles. The number of carboxylic acid groups (broad SMARTS) is 1. The third kappa shape index (κ3) is 5.16. The van der Waals surface area contributed by atoms with Gasteiger partial charge in [0.05, 0.1) is 13.2 Å². The molecule has 128 valence electrons. The number of amides is 1. The molecule has 0 saturated carbocycles. The summed E-state index contributed by atoms with van der Waals surface area (Å²) in [5, 5.41) is 11.8. The van der Waals surface area contributed by atoms with Gasteiger partial charge in [0.25, 0.3) is 5.91 Å².